The molecule has 10 heteroatoms. The summed E-state index contributed by atoms with van der Waals surface area (Å²) in [6, 6.07) is 15.1. The number of hydrogen-bond donors (Lipinski definition) is 3. The van der Waals surface area contributed by atoms with Crippen LogP contribution in [-0.2, 0) is 35.1 Å². The van der Waals surface area contributed by atoms with Crippen molar-refractivity contribution >= 4 is 23.8 Å². The minimum Gasteiger partial charge on any atom is -0.497 e. The van der Waals surface area contributed by atoms with Gasteiger partial charge in [0.15, 0.2) is 12.2 Å². The number of aliphatic hydroxyl groups is 1. The molecule has 43 heavy (non-hydrogen) atoms. The summed E-state index contributed by atoms with van der Waals surface area (Å²) >= 11 is 0. The third kappa shape index (κ3) is 11.3. The summed E-state index contributed by atoms with van der Waals surface area (Å²) in [5.74, 6) is 3.59. The topological polar surface area (TPSA) is 140 Å². The second-order valence-corrected chi connectivity index (χ2v) is 10.5. The molecule has 2 amide bonds. The Morgan fingerprint density at radius 1 is 1.02 bits per heavy atom. The molecule has 0 saturated carbocycles. The van der Waals surface area contributed by atoms with Crippen LogP contribution in [0.15, 0.2) is 66.7 Å². The molecule has 1 unspecified atom stereocenters. The van der Waals surface area contributed by atoms with E-state index in [4.69, 9.17) is 14.2 Å². The second-order valence-electron chi connectivity index (χ2n) is 10.5. The first-order chi connectivity index (χ1) is 20.6. The number of nitrogens with one attached hydrogen (secondary N) is 2. The lowest BCUT2D eigenvalue weighted by Gasteiger charge is -2.24. The van der Waals surface area contributed by atoms with E-state index in [1.807, 2.05) is 19.9 Å². The molecule has 0 aromatic heterocycles. The summed E-state index contributed by atoms with van der Waals surface area (Å²) in [7, 11) is 1.55. The minimum absolute atomic E-state index is 0.0146. The number of cyclic esters (lactones) is 2. The van der Waals surface area contributed by atoms with Gasteiger partial charge in [0, 0.05) is 24.9 Å². The first-order valence-corrected chi connectivity index (χ1v) is 14.2. The second kappa shape index (κ2) is 16.7. The molecule has 1 aliphatic rings. The van der Waals surface area contributed by atoms with E-state index in [1.165, 1.54) is 12.2 Å². The Morgan fingerprint density at radius 3 is 2.42 bits per heavy atom. The molecule has 0 fully saturated rings. The molecule has 2 aromatic carbocycles. The standard InChI is InChI=1S/C33H38N2O8/c1-22(2)20-29-33(40)43-28(27(36)17-14-23-8-5-4-6-9-23)10-7-11-30(37)35-26(32(39)34-19-18-31(38)42-29)21-24-12-15-25(41-3)16-13-24/h4-9,11-13,15-16,22,26-29,36H,10,18-21H2,1-3H3,(H,34,39)(H,35,37)/b11-7+/t26-,27?,28+,29+/m1/s1. The van der Waals surface area contributed by atoms with Gasteiger partial charge in [0.25, 0.3) is 0 Å². The van der Waals surface area contributed by atoms with E-state index >= 15 is 0 Å². The zero-order chi connectivity index (χ0) is 31.2. The average Bonchev–Trinajstić information content (AvgIpc) is 2.98. The summed E-state index contributed by atoms with van der Waals surface area (Å²) in [4.78, 5) is 51.6. The summed E-state index contributed by atoms with van der Waals surface area (Å²) < 4.78 is 16.2. The van der Waals surface area contributed by atoms with Gasteiger partial charge in [-0.3, -0.25) is 14.4 Å². The van der Waals surface area contributed by atoms with Gasteiger partial charge in [-0.25, -0.2) is 4.79 Å². The van der Waals surface area contributed by atoms with Crippen molar-refractivity contribution in [2.45, 2.75) is 63.9 Å². The Kier molecular flexibility index (Phi) is 12.8. The molecule has 2 aromatic rings. The number of carbonyl (C=O) groups is 4. The predicted molar refractivity (Wildman–Crippen MR) is 159 cm³/mol. The molecule has 0 aliphatic carbocycles. The van der Waals surface area contributed by atoms with Gasteiger partial charge in [-0.1, -0.05) is 62.1 Å². The molecule has 4 atom stereocenters. The van der Waals surface area contributed by atoms with Crippen LogP contribution in [0.3, 0.4) is 0 Å². The predicted octanol–water partition coefficient (Wildman–Crippen LogP) is 2.47. The van der Waals surface area contributed by atoms with Crippen molar-refractivity contribution in [3.63, 3.8) is 0 Å². The summed E-state index contributed by atoms with van der Waals surface area (Å²) in [6.07, 6.45) is -1.04. The molecular weight excluding hydrogens is 552 g/mol. The van der Waals surface area contributed by atoms with Crippen LogP contribution in [0.1, 0.15) is 44.2 Å². The maximum Gasteiger partial charge on any atom is 0.347 e. The van der Waals surface area contributed by atoms with E-state index in [1.54, 1.807) is 55.6 Å². The van der Waals surface area contributed by atoms with Gasteiger partial charge in [0.2, 0.25) is 11.8 Å². The van der Waals surface area contributed by atoms with Crippen molar-refractivity contribution in [2.75, 3.05) is 13.7 Å². The lowest BCUT2D eigenvalue weighted by molar-refractivity contribution is -0.175. The van der Waals surface area contributed by atoms with Crippen LogP contribution < -0.4 is 15.4 Å². The van der Waals surface area contributed by atoms with Crippen LogP contribution in [0.2, 0.25) is 0 Å². The molecule has 0 radical (unpaired) electrons. The van der Waals surface area contributed by atoms with Crippen molar-refractivity contribution in [1.82, 2.24) is 10.6 Å². The molecule has 228 valence electrons. The highest BCUT2D eigenvalue weighted by atomic mass is 16.6. The number of esters is 2. The smallest absolute Gasteiger partial charge is 0.347 e. The number of carbonyl (C=O) groups excluding carboxylic acids is 4. The summed E-state index contributed by atoms with van der Waals surface area (Å²) in [5.41, 5.74) is 1.44. The van der Waals surface area contributed by atoms with Crippen LogP contribution >= 0.6 is 0 Å². The van der Waals surface area contributed by atoms with Gasteiger partial charge in [0.1, 0.15) is 17.9 Å². The average molecular weight is 591 g/mol. The van der Waals surface area contributed by atoms with E-state index in [0.29, 0.717) is 11.3 Å². The summed E-state index contributed by atoms with van der Waals surface area (Å²) in [5, 5.41) is 16.2. The van der Waals surface area contributed by atoms with Crippen LogP contribution in [0, 0.1) is 17.8 Å². The van der Waals surface area contributed by atoms with Crippen molar-refractivity contribution in [3.8, 4) is 17.6 Å². The SMILES string of the molecule is COc1ccc(C[C@H]2NC(=O)/C=C/C[C@@H](C(O)C#Cc3ccccc3)OC(=O)[C@H](CC(C)C)OC(=O)CCNC2=O)cc1. The van der Waals surface area contributed by atoms with E-state index in [9.17, 15) is 24.3 Å². The number of benzene rings is 2. The third-order valence-electron chi connectivity index (χ3n) is 6.48. The monoisotopic (exact) mass is 590 g/mol. The largest absolute Gasteiger partial charge is 0.497 e. The highest BCUT2D eigenvalue weighted by Crippen LogP contribution is 2.16. The first kappa shape index (κ1) is 32.9. The molecule has 1 heterocycles. The van der Waals surface area contributed by atoms with Gasteiger partial charge in [-0.2, -0.15) is 0 Å². The third-order valence-corrected chi connectivity index (χ3v) is 6.48. The maximum absolute atomic E-state index is 13.1. The Balaban J connectivity index is 1.85. The number of rotatable bonds is 6. The highest BCUT2D eigenvalue weighted by molar-refractivity contribution is 5.93. The minimum atomic E-state index is -1.40. The number of amides is 2. The lowest BCUT2D eigenvalue weighted by Crippen LogP contribution is -2.48. The van der Waals surface area contributed by atoms with Crippen LogP contribution in [-0.4, -0.2) is 66.9 Å². The number of methoxy groups -OCH3 is 1. The van der Waals surface area contributed by atoms with Gasteiger partial charge >= 0.3 is 11.9 Å². The molecule has 0 spiro atoms. The van der Waals surface area contributed by atoms with Crippen molar-refractivity contribution < 1.29 is 38.5 Å². The molecule has 0 bridgehead atoms. The highest BCUT2D eigenvalue weighted by Gasteiger charge is 2.30. The first-order valence-electron chi connectivity index (χ1n) is 14.2. The zero-order valence-corrected chi connectivity index (χ0v) is 24.6. The molecular formula is C33H38N2O8. The number of aliphatic hydroxyl groups excluding tert-OH is 1. The Morgan fingerprint density at radius 2 is 1.74 bits per heavy atom. The van der Waals surface area contributed by atoms with Gasteiger partial charge < -0.3 is 30.0 Å². The van der Waals surface area contributed by atoms with Crippen molar-refractivity contribution in [1.29, 1.82) is 0 Å². The van der Waals surface area contributed by atoms with Crippen LogP contribution in [0.5, 0.6) is 5.75 Å². The molecule has 10 nitrogen and oxygen atoms in total. The van der Waals surface area contributed by atoms with Crippen LogP contribution in [0.25, 0.3) is 0 Å². The van der Waals surface area contributed by atoms with Gasteiger partial charge in [-0.15, -0.1) is 0 Å². The number of hydrogen-bond acceptors (Lipinski definition) is 8. The Hall–Kier alpha value is -4.62. The molecule has 3 N–H and O–H groups in total. The van der Waals surface area contributed by atoms with Crippen molar-refractivity contribution in [2.24, 2.45) is 5.92 Å². The maximum atomic E-state index is 13.1. The van der Waals surface area contributed by atoms with Gasteiger partial charge in [0.05, 0.1) is 13.5 Å². The Bertz CT molecular complexity index is 1330. The fraction of sp³-hybridized carbons (Fsp3) is 0.394. The van der Waals surface area contributed by atoms with Crippen molar-refractivity contribution in [3.05, 3.63) is 77.9 Å². The number of ether oxygens (including phenoxy) is 3. The molecule has 0 saturated heterocycles. The summed E-state index contributed by atoms with van der Waals surface area (Å²) in [6.45, 7) is 3.66. The van der Waals surface area contributed by atoms with E-state index in [2.05, 4.69) is 22.5 Å². The molecule has 1 aliphatic heterocycles. The Labute approximate surface area is 251 Å². The fourth-order valence-corrected chi connectivity index (χ4v) is 4.22. The van der Waals surface area contributed by atoms with E-state index in [0.717, 1.165) is 5.56 Å². The lowest BCUT2D eigenvalue weighted by atomic mass is 10.0. The molecule has 3 rings (SSSR count). The zero-order valence-electron chi connectivity index (χ0n) is 24.6. The fourth-order valence-electron chi connectivity index (χ4n) is 4.22. The van der Waals surface area contributed by atoms with E-state index < -0.39 is 48.1 Å². The van der Waals surface area contributed by atoms with Crippen LogP contribution in [0.4, 0.5) is 0 Å². The quantitative estimate of drug-likeness (QED) is 0.344. The normalized spacial score (nSPS) is 21.7. The van der Waals surface area contributed by atoms with E-state index in [-0.39, 0.29) is 38.1 Å². The van der Waals surface area contributed by atoms with Gasteiger partial charge in [-0.05, 0) is 48.2 Å².